The highest BCUT2D eigenvalue weighted by molar-refractivity contribution is 7.07. The van der Waals surface area contributed by atoms with Crippen LogP contribution in [0.1, 0.15) is 29.8 Å². The van der Waals surface area contributed by atoms with E-state index < -0.39 is 0 Å². The summed E-state index contributed by atoms with van der Waals surface area (Å²) >= 11 is 1.74. The van der Waals surface area contributed by atoms with Gasteiger partial charge in [-0.05, 0) is 66.5 Å². The van der Waals surface area contributed by atoms with Gasteiger partial charge in [-0.25, -0.2) is 0 Å². The molecule has 0 aliphatic carbocycles. The number of hydrogen-bond acceptors (Lipinski definition) is 4. The van der Waals surface area contributed by atoms with Crippen molar-refractivity contribution in [1.29, 1.82) is 0 Å². The van der Waals surface area contributed by atoms with E-state index in [4.69, 9.17) is 5.73 Å². The molecule has 0 spiro atoms. The topological polar surface area (TPSA) is 58.4 Å². The molecule has 0 aliphatic heterocycles. The van der Waals surface area contributed by atoms with Gasteiger partial charge < -0.3 is 11.1 Å². The van der Waals surface area contributed by atoms with Crippen molar-refractivity contribution >= 4 is 22.9 Å². The number of amides is 1. The highest BCUT2D eigenvalue weighted by Gasteiger charge is 2.13. The molecule has 0 fully saturated rings. The minimum absolute atomic E-state index is 0.0495. The van der Waals surface area contributed by atoms with Crippen LogP contribution in [0.3, 0.4) is 0 Å². The molecule has 4 nitrogen and oxygen atoms in total. The maximum absolute atomic E-state index is 12.1. The molecule has 1 aromatic carbocycles. The number of thiophene rings is 1. The minimum atomic E-state index is -0.0495. The normalized spacial score (nSPS) is 12.3. The first kappa shape index (κ1) is 17.5. The molecular formula is C18H25N3OS. The number of nitrogens with zero attached hydrogens (tertiary/aromatic N) is 1. The minimum Gasteiger partial charge on any atom is -0.399 e. The predicted molar refractivity (Wildman–Crippen MR) is 97.9 cm³/mol. The number of nitrogens with two attached hydrogens (primary N) is 1. The molecule has 2 rings (SSSR count). The first-order valence-electron chi connectivity index (χ1n) is 7.99. The smallest absolute Gasteiger partial charge is 0.251 e. The van der Waals surface area contributed by atoms with Crippen molar-refractivity contribution in [2.24, 2.45) is 0 Å². The monoisotopic (exact) mass is 331 g/mol. The molecule has 0 saturated carbocycles. The first-order chi connectivity index (χ1) is 11.1. The van der Waals surface area contributed by atoms with Gasteiger partial charge in [0.1, 0.15) is 0 Å². The predicted octanol–water partition coefficient (Wildman–Crippen LogP) is 3.01. The summed E-state index contributed by atoms with van der Waals surface area (Å²) in [4.78, 5) is 14.5. The van der Waals surface area contributed by atoms with Crippen LogP contribution < -0.4 is 11.1 Å². The Hall–Kier alpha value is -1.85. The number of nitrogen functional groups attached to an aromatic ring is 1. The molecule has 3 N–H and O–H groups in total. The van der Waals surface area contributed by atoms with Gasteiger partial charge in [0.2, 0.25) is 0 Å². The number of benzene rings is 1. The van der Waals surface area contributed by atoms with Crippen LogP contribution in [0.5, 0.6) is 0 Å². The molecule has 1 aromatic heterocycles. The Kier molecular flexibility index (Phi) is 6.62. The van der Waals surface area contributed by atoms with Crippen LogP contribution in [-0.2, 0) is 6.42 Å². The lowest BCUT2D eigenvalue weighted by atomic mass is 10.1. The summed E-state index contributed by atoms with van der Waals surface area (Å²) in [6.07, 6.45) is 1.04. The van der Waals surface area contributed by atoms with E-state index in [1.165, 1.54) is 5.56 Å². The fraction of sp³-hybridized carbons (Fsp3) is 0.389. The van der Waals surface area contributed by atoms with Gasteiger partial charge in [-0.3, -0.25) is 9.69 Å². The molecule has 2 aromatic rings. The van der Waals surface area contributed by atoms with E-state index in [1.807, 2.05) is 0 Å². The average Bonchev–Trinajstić information content (AvgIpc) is 3.04. The fourth-order valence-corrected chi connectivity index (χ4v) is 3.30. The quantitative estimate of drug-likeness (QED) is 0.731. The van der Waals surface area contributed by atoms with Crippen molar-refractivity contribution < 1.29 is 4.79 Å². The second-order valence-electron chi connectivity index (χ2n) is 5.69. The molecule has 0 saturated heterocycles. The number of carbonyl (C=O) groups is 1. The van der Waals surface area contributed by atoms with E-state index in [2.05, 4.69) is 40.9 Å². The highest BCUT2D eigenvalue weighted by atomic mass is 32.1. The number of rotatable bonds is 8. The Morgan fingerprint density at radius 2 is 2.04 bits per heavy atom. The van der Waals surface area contributed by atoms with Crippen LogP contribution in [0, 0.1) is 0 Å². The van der Waals surface area contributed by atoms with Crippen LogP contribution in [-0.4, -0.2) is 36.5 Å². The number of anilines is 1. The summed E-state index contributed by atoms with van der Waals surface area (Å²) in [5.41, 5.74) is 8.33. The largest absolute Gasteiger partial charge is 0.399 e. The summed E-state index contributed by atoms with van der Waals surface area (Å²) in [6.45, 7) is 6.87. The van der Waals surface area contributed by atoms with E-state index in [1.54, 1.807) is 35.6 Å². The van der Waals surface area contributed by atoms with Crippen LogP contribution in [0.2, 0.25) is 0 Å². The van der Waals surface area contributed by atoms with Gasteiger partial charge >= 0.3 is 0 Å². The Labute approximate surface area is 142 Å². The lowest BCUT2D eigenvalue weighted by Gasteiger charge is -2.27. The number of hydrogen-bond donors (Lipinski definition) is 2. The molecule has 0 radical (unpaired) electrons. The molecule has 1 unspecified atom stereocenters. The van der Waals surface area contributed by atoms with E-state index in [9.17, 15) is 4.79 Å². The lowest BCUT2D eigenvalue weighted by Crippen LogP contribution is -2.40. The molecule has 1 atom stereocenters. The van der Waals surface area contributed by atoms with Crippen molar-refractivity contribution in [2.45, 2.75) is 26.3 Å². The maximum atomic E-state index is 12.1. The molecule has 124 valence electrons. The summed E-state index contributed by atoms with van der Waals surface area (Å²) in [5, 5.41) is 7.30. The molecule has 1 amide bonds. The lowest BCUT2D eigenvalue weighted by molar-refractivity contribution is 0.0945. The van der Waals surface area contributed by atoms with Crippen molar-refractivity contribution in [2.75, 3.05) is 25.4 Å². The molecule has 23 heavy (non-hydrogen) atoms. The van der Waals surface area contributed by atoms with Gasteiger partial charge in [-0.2, -0.15) is 11.3 Å². The van der Waals surface area contributed by atoms with Gasteiger partial charge in [-0.15, -0.1) is 0 Å². The van der Waals surface area contributed by atoms with Crippen molar-refractivity contribution in [1.82, 2.24) is 10.2 Å². The molecule has 0 aliphatic rings. The van der Waals surface area contributed by atoms with Crippen LogP contribution >= 0.6 is 11.3 Å². The Balaban J connectivity index is 1.78. The second-order valence-corrected chi connectivity index (χ2v) is 6.47. The SMILES string of the molecule is CCN(CCNC(=O)c1ccc(N)cc1)C(C)Cc1ccsc1. The van der Waals surface area contributed by atoms with Crippen LogP contribution in [0.25, 0.3) is 0 Å². The van der Waals surface area contributed by atoms with Crippen molar-refractivity contribution in [3.8, 4) is 0 Å². The van der Waals surface area contributed by atoms with Gasteiger partial charge in [0, 0.05) is 30.4 Å². The van der Waals surface area contributed by atoms with Gasteiger partial charge in [0.15, 0.2) is 0 Å². The summed E-state index contributed by atoms with van der Waals surface area (Å²) in [7, 11) is 0. The van der Waals surface area contributed by atoms with E-state index in [0.29, 0.717) is 23.8 Å². The Bertz CT molecular complexity index is 595. The number of carbonyl (C=O) groups excluding carboxylic acids is 1. The average molecular weight is 331 g/mol. The Morgan fingerprint density at radius 1 is 1.30 bits per heavy atom. The third-order valence-electron chi connectivity index (χ3n) is 4.00. The molecule has 5 heteroatoms. The van der Waals surface area contributed by atoms with Crippen molar-refractivity contribution in [3.63, 3.8) is 0 Å². The summed E-state index contributed by atoms with van der Waals surface area (Å²) in [5.74, 6) is -0.0495. The summed E-state index contributed by atoms with van der Waals surface area (Å²) < 4.78 is 0. The van der Waals surface area contributed by atoms with Crippen LogP contribution in [0.15, 0.2) is 41.1 Å². The standard InChI is InChI=1S/C18H25N3OS/c1-3-21(14(2)12-15-8-11-23-13-15)10-9-20-18(22)16-4-6-17(19)7-5-16/h4-8,11,13-14H,3,9-10,12,19H2,1-2H3,(H,20,22). The third kappa shape index (κ3) is 5.37. The van der Waals surface area contributed by atoms with Crippen LogP contribution in [0.4, 0.5) is 5.69 Å². The van der Waals surface area contributed by atoms with Gasteiger partial charge in [0.05, 0.1) is 0 Å². The van der Waals surface area contributed by atoms with E-state index in [0.717, 1.165) is 19.5 Å². The molecule has 1 heterocycles. The fourth-order valence-electron chi connectivity index (χ4n) is 2.62. The zero-order valence-electron chi connectivity index (χ0n) is 13.8. The maximum Gasteiger partial charge on any atom is 0.251 e. The molecular weight excluding hydrogens is 306 g/mol. The highest BCUT2D eigenvalue weighted by Crippen LogP contribution is 2.12. The van der Waals surface area contributed by atoms with E-state index >= 15 is 0 Å². The van der Waals surface area contributed by atoms with Gasteiger partial charge in [-0.1, -0.05) is 6.92 Å². The van der Waals surface area contributed by atoms with Gasteiger partial charge in [0.25, 0.3) is 5.91 Å². The Morgan fingerprint density at radius 3 is 2.65 bits per heavy atom. The number of nitrogens with one attached hydrogen (secondary N) is 1. The zero-order valence-corrected chi connectivity index (χ0v) is 14.6. The molecule has 0 bridgehead atoms. The third-order valence-corrected chi connectivity index (χ3v) is 4.73. The van der Waals surface area contributed by atoms with Crippen molar-refractivity contribution in [3.05, 3.63) is 52.2 Å². The zero-order chi connectivity index (χ0) is 16.7. The first-order valence-corrected chi connectivity index (χ1v) is 8.93. The second kappa shape index (κ2) is 8.70. The summed E-state index contributed by atoms with van der Waals surface area (Å²) in [6, 6.07) is 9.63. The number of likely N-dealkylation sites (N-methyl/N-ethyl adjacent to an activating group) is 1. The van der Waals surface area contributed by atoms with E-state index in [-0.39, 0.29) is 5.91 Å².